The summed E-state index contributed by atoms with van der Waals surface area (Å²) in [4.78, 5) is 0. The first kappa shape index (κ1) is 15.9. The second kappa shape index (κ2) is 6.98. The number of hydrogen-bond donors (Lipinski definition) is 2. The fourth-order valence-corrected chi connectivity index (χ4v) is 3.22. The highest BCUT2D eigenvalue weighted by Gasteiger charge is 2.32. The molecule has 1 aromatic carbocycles. The highest BCUT2D eigenvalue weighted by Crippen LogP contribution is 2.31. The van der Waals surface area contributed by atoms with Crippen LogP contribution in [0.4, 0.5) is 4.39 Å². The van der Waals surface area contributed by atoms with Crippen LogP contribution >= 0.6 is 15.9 Å². The molecular weight excluding hydrogens is 325 g/mol. The molecule has 0 aliphatic carbocycles. The van der Waals surface area contributed by atoms with Gasteiger partial charge in [-0.25, -0.2) is 4.39 Å². The lowest BCUT2D eigenvalue weighted by Gasteiger charge is -2.36. The Labute approximate surface area is 127 Å². The van der Waals surface area contributed by atoms with Gasteiger partial charge in [-0.2, -0.15) is 0 Å². The molecule has 2 N–H and O–H groups in total. The standard InChI is InChI=1S/C15H21BrFNO2/c1-11(13-3-2-12(17)8-14(13)16)18-9-15(10-19)4-6-20-7-5-15/h2-3,8,11,18-19H,4-7,9-10H2,1H3. The third-order valence-corrected chi connectivity index (χ3v) is 4.79. The molecule has 0 aromatic heterocycles. The largest absolute Gasteiger partial charge is 0.396 e. The Morgan fingerprint density at radius 3 is 2.75 bits per heavy atom. The molecule has 0 spiro atoms. The zero-order chi connectivity index (χ0) is 14.6. The van der Waals surface area contributed by atoms with Crippen LogP contribution in [0.15, 0.2) is 22.7 Å². The molecule has 1 aromatic rings. The Balaban J connectivity index is 1.98. The molecule has 1 heterocycles. The van der Waals surface area contributed by atoms with Crippen molar-refractivity contribution in [2.45, 2.75) is 25.8 Å². The van der Waals surface area contributed by atoms with E-state index in [1.165, 1.54) is 12.1 Å². The van der Waals surface area contributed by atoms with Gasteiger partial charge in [0.2, 0.25) is 0 Å². The van der Waals surface area contributed by atoms with Crippen LogP contribution in [-0.2, 0) is 4.74 Å². The van der Waals surface area contributed by atoms with Crippen molar-refractivity contribution in [2.24, 2.45) is 5.41 Å². The van der Waals surface area contributed by atoms with Crippen molar-refractivity contribution < 1.29 is 14.2 Å². The quantitative estimate of drug-likeness (QED) is 0.861. The number of nitrogens with one attached hydrogen (secondary N) is 1. The van der Waals surface area contributed by atoms with Gasteiger partial charge in [0.1, 0.15) is 5.82 Å². The summed E-state index contributed by atoms with van der Waals surface area (Å²) in [6.45, 7) is 4.36. The summed E-state index contributed by atoms with van der Waals surface area (Å²) in [5.74, 6) is -0.246. The topological polar surface area (TPSA) is 41.5 Å². The number of aliphatic hydroxyl groups excluding tert-OH is 1. The van der Waals surface area contributed by atoms with E-state index in [0.717, 1.165) is 29.4 Å². The molecule has 1 atom stereocenters. The van der Waals surface area contributed by atoms with Gasteiger partial charge in [-0.15, -0.1) is 0 Å². The summed E-state index contributed by atoms with van der Waals surface area (Å²) >= 11 is 3.39. The fraction of sp³-hybridized carbons (Fsp3) is 0.600. The van der Waals surface area contributed by atoms with Gasteiger partial charge < -0.3 is 15.2 Å². The summed E-state index contributed by atoms with van der Waals surface area (Å²) in [6.07, 6.45) is 1.74. The van der Waals surface area contributed by atoms with E-state index in [9.17, 15) is 9.50 Å². The van der Waals surface area contributed by atoms with Gasteiger partial charge in [-0.1, -0.05) is 22.0 Å². The molecule has 1 aliphatic rings. The lowest BCUT2D eigenvalue weighted by atomic mass is 9.80. The molecule has 20 heavy (non-hydrogen) atoms. The highest BCUT2D eigenvalue weighted by atomic mass is 79.9. The van der Waals surface area contributed by atoms with Crippen molar-refractivity contribution in [3.05, 3.63) is 34.1 Å². The van der Waals surface area contributed by atoms with E-state index in [4.69, 9.17) is 4.74 Å². The van der Waals surface area contributed by atoms with Crippen LogP contribution in [-0.4, -0.2) is 31.5 Å². The van der Waals surface area contributed by atoms with Gasteiger partial charge in [0.15, 0.2) is 0 Å². The molecular formula is C15H21BrFNO2. The second-order valence-corrected chi connectivity index (χ2v) is 6.39. The number of ether oxygens (including phenoxy) is 1. The summed E-state index contributed by atoms with van der Waals surface area (Å²) in [5, 5.41) is 13.1. The van der Waals surface area contributed by atoms with Crippen molar-refractivity contribution >= 4 is 15.9 Å². The predicted molar refractivity (Wildman–Crippen MR) is 80.1 cm³/mol. The maximum absolute atomic E-state index is 13.1. The van der Waals surface area contributed by atoms with E-state index in [1.54, 1.807) is 6.07 Å². The number of aliphatic hydroxyl groups is 1. The van der Waals surface area contributed by atoms with E-state index >= 15 is 0 Å². The van der Waals surface area contributed by atoms with Crippen LogP contribution in [0.1, 0.15) is 31.4 Å². The maximum atomic E-state index is 13.1. The van der Waals surface area contributed by atoms with Crippen molar-refractivity contribution in [1.29, 1.82) is 0 Å². The fourth-order valence-electron chi connectivity index (χ4n) is 2.53. The second-order valence-electron chi connectivity index (χ2n) is 5.54. The third-order valence-electron chi connectivity index (χ3n) is 4.10. The lowest BCUT2D eigenvalue weighted by molar-refractivity contribution is -0.0163. The molecule has 1 aliphatic heterocycles. The lowest BCUT2D eigenvalue weighted by Crippen LogP contribution is -2.42. The summed E-state index contributed by atoms with van der Waals surface area (Å²) in [5.41, 5.74) is 0.922. The molecule has 2 rings (SSSR count). The Morgan fingerprint density at radius 2 is 2.15 bits per heavy atom. The zero-order valence-electron chi connectivity index (χ0n) is 11.7. The SMILES string of the molecule is CC(NCC1(CO)CCOCC1)c1ccc(F)cc1Br. The minimum absolute atomic E-state index is 0.0937. The molecule has 3 nitrogen and oxygen atoms in total. The van der Waals surface area contributed by atoms with Crippen molar-refractivity contribution in [3.8, 4) is 0 Å². The number of hydrogen-bond acceptors (Lipinski definition) is 3. The van der Waals surface area contributed by atoms with Crippen LogP contribution in [0.25, 0.3) is 0 Å². The first-order chi connectivity index (χ1) is 9.56. The minimum Gasteiger partial charge on any atom is -0.396 e. The molecule has 112 valence electrons. The summed E-state index contributed by atoms with van der Waals surface area (Å²) in [7, 11) is 0. The van der Waals surface area contributed by atoms with Crippen molar-refractivity contribution in [3.63, 3.8) is 0 Å². The van der Waals surface area contributed by atoms with Gasteiger partial charge in [0, 0.05) is 35.7 Å². The molecule has 1 fully saturated rings. The molecule has 0 radical (unpaired) electrons. The zero-order valence-corrected chi connectivity index (χ0v) is 13.2. The Kier molecular flexibility index (Phi) is 5.55. The van der Waals surface area contributed by atoms with Gasteiger partial charge in [-0.05, 0) is 37.5 Å². The van der Waals surface area contributed by atoms with E-state index < -0.39 is 0 Å². The van der Waals surface area contributed by atoms with E-state index in [0.29, 0.717) is 13.2 Å². The average molecular weight is 346 g/mol. The first-order valence-corrected chi connectivity index (χ1v) is 7.73. The van der Waals surface area contributed by atoms with Gasteiger partial charge in [-0.3, -0.25) is 0 Å². The van der Waals surface area contributed by atoms with E-state index in [1.807, 2.05) is 6.92 Å². The van der Waals surface area contributed by atoms with Crippen molar-refractivity contribution in [1.82, 2.24) is 5.32 Å². The highest BCUT2D eigenvalue weighted by molar-refractivity contribution is 9.10. The van der Waals surface area contributed by atoms with Crippen LogP contribution in [0, 0.1) is 11.2 Å². The third kappa shape index (κ3) is 3.79. The van der Waals surface area contributed by atoms with E-state index in [2.05, 4.69) is 21.2 Å². The maximum Gasteiger partial charge on any atom is 0.124 e. The van der Waals surface area contributed by atoms with Crippen LogP contribution in [0.3, 0.4) is 0 Å². The molecule has 0 saturated carbocycles. The van der Waals surface area contributed by atoms with Crippen molar-refractivity contribution in [2.75, 3.05) is 26.4 Å². The molecule has 0 amide bonds. The molecule has 0 bridgehead atoms. The Bertz CT molecular complexity index is 449. The Morgan fingerprint density at radius 1 is 1.45 bits per heavy atom. The predicted octanol–water partition coefficient (Wildman–Crippen LogP) is 3.03. The molecule has 5 heteroatoms. The van der Waals surface area contributed by atoms with E-state index in [-0.39, 0.29) is 23.9 Å². The first-order valence-electron chi connectivity index (χ1n) is 6.93. The van der Waals surface area contributed by atoms with Crippen LogP contribution in [0.5, 0.6) is 0 Å². The summed E-state index contributed by atoms with van der Waals surface area (Å²) < 4.78 is 19.2. The molecule has 1 unspecified atom stereocenters. The van der Waals surface area contributed by atoms with Crippen LogP contribution < -0.4 is 5.32 Å². The summed E-state index contributed by atoms with van der Waals surface area (Å²) in [6, 6.07) is 4.82. The van der Waals surface area contributed by atoms with Gasteiger partial charge in [0.25, 0.3) is 0 Å². The number of rotatable bonds is 5. The monoisotopic (exact) mass is 345 g/mol. The van der Waals surface area contributed by atoms with Gasteiger partial charge in [0.05, 0.1) is 6.61 Å². The average Bonchev–Trinajstić information content (AvgIpc) is 2.46. The minimum atomic E-state index is -0.246. The smallest absolute Gasteiger partial charge is 0.124 e. The Hall–Kier alpha value is -0.490. The molecule has 1 saturated heterocycles. The number of benzene rings is 1. The van der Waals surface area contributed by atoms with Gasteiger partial charge >= 0.3 is 0 Å². The number of halogens is 2. The normalized spacial score (nSPS) is 19.8. The van der Waals surface area contributed by atoms with Crippen LogP contribution in [0.2, 0.25) is 0 Å².